The number of hydrogen-bond donors (Lipinski definition) is 2. The van der Waals surface area contributed by atoms with E-state index in [0.717, 1.165) is 76.2 Å². The van der Waals surface area contributed by atoms with Crippen molar-refractivity contribution >= 4 is 0 Å². The van der Waals surface area contributed by atoms with E-state index >= 15 is 0 Å². The molecule has 0 aromatic carbocycles. The first-order chi connectivity index (χ1) is 14.8. The second kappa shape index (κ2) is 19.3. The van der Waals surface area contributed by atoms with Gasteiger partial charge in [-0.2, -0.15) is 0 Å². The van der Waals surface area contributed by atoms with E-state index < -0.39 is 0 Å². The van der Waals surface area contributed by atoms with Crippen LogP contribution >= 0.6 is 0 Å². The third-order valence-corrected chi connectivity index (χ3v) is 5.71. The first-order valence-electron chi connectivity index (χ1n) is 12.4. The third-order valence-electron chi connectivity index (χ3n) is 5.71. The summed E-state index contributed by atoms with van der Waals surface area (Å²) in [7, 11) is 0. The lowest BCUT2D eigenvalue weighted by Gasteiger charge is -2.07. The van der Waals surface area contributed by atoms with Crippen molar-refractivity contribution in [3.05, 3.63) is 58.2 Å². The quantitative estimate of drug-likeness (QED) is 0.227. The molecule has 2 nitrogen and oxygen atoms in total. The summed E-state index contributed by atoms with van der Waals surface area (Å²) >= 11 is 0. The molecule has 0 saturated heterocycles. The van der Waals surface area contributed by atoms with Gasteiger partial charge in [0.1, 0.15) is 0 Å². The second-order valence-corrected chi connectivity index (χ2v) is 9.24. The number of rotatable bonds is 17. The van der Waals surface area contributed by atoms with Crippen molar-refractivity contribution in [2.75, 3.05) is 6.61 Å². The Morgan fingerprint density at radius 3 is 1.42 bits per heavy atom. The first kappa shape index (κ1) is 29.6. The molecule has 0 spiro atoms. The maximum absolute atomic E-state index is 9.97. The van der Waals surface area contributed by atoms with Crippen LogP contribution in [0, 0.1) is 0 Å². The molecule has 0 aromatic rings. The van der Waals surface area contributed by atoms with Gasteiger partial charge in [-0.1, -0.05) is 78.0 Å². The minimum atomic E-state index is -0.274. The number of hydrogen-bond acceptors (Lipinski definition) is 2. The zero-order valence-electron chi connectivity index (χ0n) is 21.3. The van der Waals surface area contributed by atoms with E-state index in [1.807, 2.05) is 13.0 Å². The average molecular weight is 431 g/mol. The molecule has 1 atom stereocenters. The molecule has 178 valence electrons. The molecule has 0 aliphatic rings. The summed E-state index contributed by atoms with van der Waals surface area (Å²) in [6.07, 6.45) is 22.8. The number of aliphatic hydroxyl groups excluding tert-OH is 2. The van der Waals surface area contributed by atoms with E-state index in [2.05, 4.69) is 58.9 Å². The van der Waals surface area contributed by atoms with Gasteiger partial charge in [-0.25, -0.2) is 0 Å². The lowest BCUT2D eigenvalue weighted by Crippen LogP contribution is -2.02. The molecule has 0 radical (unpaired) electrons. The molecule has 0 aliphatic heterocycles. The van der Waals surface area contributed by atoms with Gasteiger partial charge in [-0.15, -0.1) is 0 Å². The fraction of sp³-hybridized carbons (Fsp3) is 0.655. The van der Waals surface area contributed by atoms with Crippen LogP contribution in [-0.4, -0.2) is 22.9 Å². The zero-order valence-corrected chi connectivity index (χ0v) is 21.3. The van der Waals surface area contributed by atoms with E-state index in [0.29, 0.717) is 0 Å². The highest BCUT2D eigenvalue weighted by Crippen LogP contribution is 2.15. The Bertz CT molecular complexity index is 617. The Morgan fingerprint density at radius 1 is 0.645 bits per heavy atom. The van der Waals surface area contributed by atoms with Gasteiger partial charge >= 0.3 is 0 Å². The molecule has 2 heteroatoms. The van der Waals surface area contributed by atoms with Crippen molar-refractivity contribution in [1.82, 2.24) is 0 Å². The van der Waals surface area contributed by atoms with Crippen LogP contribution in [0.3, 0.4) is 0 Å². The molecule has 2 N–H and O–H groups in total. The largest absolute Gasteiger partial charge is 0.392 e. The van der Waals surface area contributed by atoms with Crippen molar-refractivity contribution in [3.8, 4) is 0 Å². The van der Waals surface area contributed by atoms with Gasteiger partial charge in [0.25, 0.3) is 0 Å². The lowest BCUT2D eigenvalue weighted by atomic mass is 10.0. The minimum absolute atomic E-state index is 0.168. The maximum Gasteiger partial charge on any atom is 0.0723 e. The average Bonchev–Trinajstić information content (AvgIpc) is 2.72. The van der Waals surface area contributed by atoms with Gasteiger partial charge < -0.3 is 10.2 Å². The Labute approximate surface area is 193 Å². The first-order valence-corrected chi connectivity index (χ1v) is 12.4. The van der Waals surface area contributed by atoms with E-state index in [-0.39, 0.29) is 12.7 Å². The predicted molar refractivity (Wildman–Crippen MR) is 138 cm³/mol. The Balaban J connectivity index is 4.12. The van der Waals surface area contributed by atoms with Crippen LogP contribution in [0.2, 0.25) is 0 Å². The van der Waals surface area contributed by atoms with E-state index in [4.69, 9.17) is 5.11 Å². The fourth-order valence-corrected chi connectivity index (χ4v) is 3.46. The standard InChI is InChI=1S/C29H50O2/c1-7-8-21-29(31)22-27(5)19-11-17-25(3)15-9-13-24(2)14-10-16-26(4)18-12-20-28(6)23-30/h13,16-17,20,22,29-31H,7-12,14-15,18-19,21,23H2,1-6H3. The highest BCUT2D eigenvalue weighted by molar-refractivity contribution is 5.08. The van der Waals surface area contributed by atoms with Crippen LogP contribution in [0.25, 0.3) is 0 Å². The SMILES string of the molecule is CCCCC(O)C=C(C)CCC=C(C)CCC=C(C)CCC=C(C)CCC=C(C)CO. The molecule has 1 unspecified atom stereocenters. The topological polar surface area (TPSA) is 40.5 Å². The lowest BCUT2D eigenvalue weighted by molar-refractivity contribution is 0.208. The molecule has 31 heavy (non-hydrogen) atoms. The van der Waals surface area contributed by atoms with Gasteiger partial charge in [0, 0.05) is 0 Å². The highest BCUT2D eigenvalue weighted by Gasteiger charge is 2.00. The molecule has 0 heterocycles. The van der Waals surface area contributed by atoms with Crippen LogP contribution < -0.4 is 0 Å². The smallest absolute Gasteiger partial charge is 0.0723 e. The molecule has 0 aliphatic carbocycles. The van der Waals surface area contributed by atoms with Crippen LogP contribution in [0.4, 0.5) is 0 Å². The van der Waals surface area contributed by atoms with Crippen LogP contribution in [0.15, 0.2) is 58.2 Å². The van der Waals surface area contributed by atoms with Crippen LogP contribution in [0.5, 0.6) is 0 Å². The van der Waals surface area contributed by atoms with Gasteiger partial charge in [-0.3, -0.25) is 0 Å². The fourth-order valence-electron chi connectivity index (χ4n) is 3.46. The Hall–Kier alpha value is -1.38. The van der Waals surface area contributed by atoms with Crippen LogP contribution in [0.1, 0.15) is 112 Å². The van der Waals surface area contributed by atoms with Crippen molar-refractivity contribution in [2.45, 2.75) is 118 Å². The summed E-state index contributed by atoms with van der Waals surface area (Å²) in [4.78, 5) is 0. The molecule has 0 bridgehead atoms. The van der Waals surface area contributed by atoms with Crippen molar-refractivity contribution in [1.29, 1.82) is 0 Å². The minimum Gasteiger partial charge on any atom is -0.392 e. The van der Waals surface area contributed by atoms with E-state index in [9.17, 15) is 5.11 Å². The summed E-state index contributed by atoms with van der Waals surface area (Å²) in [5, 5.41) is 19.0. The molecule has 0 rings (SSSR count). The molecule has 0 saturated carbocycles. The molecule has 0 amide bonds. The predicted octanol–water partition coefficient (Wildman–Crippen LogP) is 8.38. The third kappa shape index (κ3) is 19.1. The van der Waals surface area contributed by atoms with Gasteiger partial charge in [0.15, 0.2) is 0 Å². The van der Waals surface area contributed by atoms with Crippen molar-refractivity contribution in [2.24, 2.45) is 0 Å². The van der Waals surface area contributed by atoms with Crippen molar-refractivity contribution in [3.63, 3.8) is 0 Å². The molecule has 0 aromatic heterocycles. The number of allylic oxidation sites excluding steroid dienone is 8. The van der Waals surface area contributed by atoms with Gasteiger partial charge in [0.05, 0.1) is 12.7 Å². The number of unbranched alkanes of at least 4 members (excludes halogenated alkanes) is 1. The molecule has 0 fully saturated rings. The maximum atomic E-state index is 9.97. The van der Waals surface area contributed by atoms with E-state index in [1.54, 1.807) is 0 Å². The summed E-state index contributed by atoms with van der Waals surface area (Å²) < 4.78 is 0. The zero-order chi connectivity index (χ0) is 23.5. The summed E-state index contributed by atoms with van der Waals surface area (Å²) in [5.41, 5.74) is 6.74. The molecular weight excluding hydrogens is 380 g/mol. The summed E-state index contributed by atoms with van der Waals surface area (Å²) in [6.45, 7) is 13.1. The number of aliphatic hydroxyl groups is 2. The van der Waals surface area contributed by atoms with E-state index in [1.165, 1.54) is 22.3 Å². The van der Waals surface area contributed by atoms with Crippen molar-refractivity contribution < 1.29 is 10.2 Å². The Morgan fingerprint density at radius 2 is 1.03 bits per heavy atom. The van der Waals surface area contributed by atoms with Crippen LogP contribution in [-0.2, 0) is 0 Å². The molecular formula is C29H50O2. The van der Waals surface area contributed by atoms with Gasteiger partial charge in [-0.05, 0) is 92.4 Å². The normalized spacial score (nSPS) is 15.5. The summed E-state index contributed by atoms with van der Waals surface area (Å²) in [6, 6.07) is 0. The summed E-state index contributed by atoms with van der Waals surface area (Å²) in [5.74, 6) is 0. The highest BCUT2D eigenvalue weighted by atomic mass is 16.3. The second-order valence-electron chi connectivity index (χ2n) is 9.24. The van der Waals surface area contributed by atoms with Gasteiger partial charge in [0.2, 0.25) is 0 Å². The monoisotopic (exact) mass is 430 g/mol. The Kier molecular flexibility index (Phi) is 18.5.